The van der Waals surface area contributed by atoms with Crippen LogP contribution in [0.15, 0.2) is 33.7 Å². The van der Waals surface area contributed by atoms with Gasteiger partial charge >= 0.3 is 0 Å². The number of nitrogens with two attached hydrogens (primary N) is 1. The molecule has 2 aromatic rings. The van der Waals surface area contributed by atoms with E-state index < -0.39 is 0 Å². The monoisotopic (exact) mass is 264 g/mol. The molecule has 0 aliphatic heterocycles. The molecule has 2 heterocycles. The van der Waals surface area contributed by atoms with Gasteiger partial charge in [-0.1, -0.05) is 5.16 Å². The summed E-state index contributed by atoms with van der Waals surface area (Å²) in [6.45, 7) is 1.91. The van der Waals surface area contributed by atoms with E-state index in [9.17, 15) is 0 Å². The fourth-order valence-corrected chi connectivity index (χ4v) is 2.21. The Hall–Kier alpha value is -2.09. The lowest BCUT2D eigenvalue weighted by atomic mass is 10.4. The van der Waals surface area contributed by atoms with Crippen LogP contribution in [-0.4, -0.2) is 30.8 Å². The van der Waals surface area contributed by atoms with Crippen molar-refractivity contribution in [1.29, 1.82) is 0 Å². The average Bonchev–Trinajstić information content (AvgIpc) is 2.67. The summed E-state index contributed by atoms with van der Waals surface area (Å²) < 4.78 is 1.75. The van der Waals surface area contributed by atoms with Gasteiger partial charge in [-0.2, -0.15) is 5.10 Å². The van der Waals surface area contributed by atoms with Gasteiger partial charge in [-0.05, 0) is 30.8 Å². The van der Waals surface area contributed by atoms with E-state index in [-0.39, 0.29) is 5.84 Å². The van der Waals surface area contributed by atoms with E-state index in [1.54, 1.807) is 16.9 Å². The molecule has 0 aliphatic carbocycles. The maximum atomic E-state index is 8.60. The highest BCUT2D eigenvalue weighted by molar-refractivity contribution is 7.99. The van der Waals surface area contributed by atoms with E-state index in [1.807, 2.05) is 20.0 Å². The summed E-state index contributed by atoms with van der Waals surface area (Å²) in [5.41, 5.74) is 6.78. The van der Waals surface area contributed by atoms with Crippen molar-refractivity contribution in [2.45, 2.75) is 17.1 Å². The zero-order valence-electron chi connectivity index (χ0n) is 9.90. The second-order valence-electron chi connectivity index (χ2n) is 3.56. The third-order valence-electron chi connectivity index (χ3n) is 2.16. The molecule has 2 aromatic heterocycles. The van der Waals surface area contributed by atoms with Crippen molar-refractivity contribution in [1.82, 2.24) is 19.7 Å². The van der Waals surface area contributed by atoms with Crippen LogP contribution >= 0.6 is 11.8 Å². The van der Waals surface area contributed by atoms with E-state index >= 15 is 0 Å². The highest BCUT2D eigenvalue weighted by Gasteiger charge is 2.08. The number of hydrogen-bond donors (Lipinski definition) is 2. The van der Waals surface area contributed by atoms with Crippen LogP contribution in [0.5, 0.6) is 0 Å². The molecule has 0 fully saturated rings. The Kier molecular flexibility index (Phi) is 3.47. The Balaban J connectivity index is 2.27. The summed E-state index contributed by atoms with van der Waals surface area (Å²) in [6, 6.07) is 3.51. The van der Waals surface area contributed by atoms with Crippen LogP contribution in [-0.2, 0) is 7.05 Å². The number of hydrogen-bond acceptors (Lipinski definition) is 6. The Morgan fingerprint density at radius 2 is 2.33 bits per heavy atom. The minimum Gasteiger partial charge on any atom is -0.409 e. The first-order valence-corrected chi connectivity index (χ1v) is 5.91. The Morgan fingerprint density at radius 3 is 2.94 bits per heavy atom. The number of rotatable bonds is 3. The number of amidine groups is 1. The van der Waals surface area contributed by atoms with Crippen molar-refractivity contribution in [2.24, 2.45) is 17.9 Å². The van der Waals surface area contributed by atoms with E-state index in [2.05, 4.69) is 20.2 Å². The maximum absolute atomic E-state index is 8.60. The predicted molar refractivity (Wildman–Crippen MR) is 66.6 cm³/mol. The Bertz CT molecular complexity index is 594. The van der Waals surface area contributed by atoms with E-state index in [1.165, 1.54) is 11.8 Å². The highest BCUT2D eigenvalue weighted by Crippen LogP contribution is 2.24. The molecule has 0 radical (unpaired) electrons. The fourth-order valence-electron chi connectivity index (χ4n) is 1.36. The molecule has 0 spiro atoms. The molecule has 0 atom stereocenters. The highest BCUT2D eigenvalue weighted by atomic mass is 32.2. The standard InChI is InChI=1S/C10H12N6OS/c1-6-5-8(16(2)14-6)18-10-12-4-3-7(13-10)9(11)15-17/h3-5,17H,1-2H3,(H2,11,15). The lowest BCUT2D eigenvalue weighted by Crippen LogP contribution is -2.15. The molecule has 18 heavy (non-hydrogen) atoms. The van der Waals surface area contributed by atoms with Crippen LogP contribution in [0, 0.1) is 6.92 Å². The molecular weight excluding hydrogens is 252 g/mol. The van der Waals surface area contributed by atoms with Crippen molar-refractivity contribution in [3.05, 3.63) is 29.7 Å². The number of aromatic nitrogens is 4. The topological polar surface area (TPSA) is 102 Å². The summed E-state index contributed by atoms with van der Waals surface area (Å²) in [5.74, 6) is -0.0413. The van der Waals surface area contributed by atoms with Crippen molar-refractivity contribution >= 4 is 17.6 Å². The first-order valence-electron chi connectivity index (χ1n) is 5.09. The molecule has 0 aliphatic rings. The molecular formula is C10H12N6OS. The number of aryl methyl sites for hydroxylation is 2. The van der Waals surface area contributed by atoms with E-state index in [0.717, 1.165) is 10.7 Å². The van der Waals surface area contributed by atoms with Crippen LogP contribution in [0.1, 0.15) is 11.4 Å². The molecule has 3 N–H and O–H groups in total. The zero-order valence-corrected chi connectivity index (χ0v) is 10.7. The first kappa shape index (κ1) is 12.4. The minimum atomic E-state index is -0.0413. The second-order valence-corrected chi connectivity index (χ2v) is 4.55. The summed E-state index contributed by atoms with van der Waals surface area (Å²) in [6.07, 6.45) is 1.56. The van der Waals surface area contributed by atoms with Gasteiger partial charge in [0.1, 0.15) is 10.7 Å². The van der Waals surface area contributed by atoms with Crippen LogP contribution in [0.2, 0.25) is 0 Å². The minimum absolute atomic E-state index is 0.0413. The van der Waals surface area contributed by atoms with E-state index in [4.69, 9.17) is 10.9 Å². The third kappa shape index (κ3) is 2.59. The Morgan fingerprint density at radius 1 is 1.56 bits per heavy atom. The Labute approximate surface area is 108 Å². The van der Waals surface area contributed by atoms with Gasteiger partial charge < -0.3 is 10.9 Å². The van der Waals surface area contributed by atoms with Gasteiger partial charge in [-0.15, -0.1) is 0 Å². The van der Waals surface area contributed by atoms with Crippen LogP contribution in [0.3, 0.4) is 0 Å². The van der Waals surface area contributed by atoms with Gasteiger partial charge in [0, 0.05) is 13.2 Å². The fraction of sp³-hybridized carbons (Fsp3) is 0.200. The lowest BCUT2D eigenvalue weighted by Gasteiger charge is -2.02. The summed E-state index contributed by atoms with van der Waals surface area (Å²) in [4.78, 5) is 8.30. The smallest absolute Gasteiger partial charge is 0.194 e. The average molecular weight is 264 g/mol. The van der Waals surface area contributed by atoms with Crippen molar-refractivity contribution in [2.75, 3.05) is 0 Å². The van der Waals surface area contributed by atoms with Crippen molar-refractivity contribution in [3.63, 3.8) is 0 Å². The predicted octanol–water partition coefficient (Wildman–Crippen LogP) is 0.764. The molecule has 94 valence electrons. The molecule has 0 bridgehead atoms. The molecule has 0 unspecified atom stereocenters. The van der Waals surface area contributed by atoms with Gasteiger partial charge in [0.05, 0.1) is 5.69 Å². The third-order valence-corrected chi connectivity index (χ3v) is 3.13. The van der Waals surface area contributed by atoms with Crippen LogP contribution in [0.25, 0.3) is 0 Å². The molecule has 0 saturated carbocycles. The van der Waals surface area contributed by atoms with Crippen LogP contribution in [0.4, 0.5) is 0 Å². The van der Waals surface area contributed by atoms with Crippen molar-refractivity contribution < 1.29 is 5.21 Å². The van der Waals surface area contributed by atoms with Gasteiger partial charge in [0.15, 0.2) is 11.0 Å². The van der Waals surface area contributed by atoms with Gasteiger partial charge in [-0.3, -0.25) is 4.68 Å². The summed E-state index contributed by atoms with van der Waals surface area (Å²) in [5, 5.41) is 17.2. The van der Waals surface area contributed by atoms with Crippen LogP contribution < -0.4 is 5.73 Å². The quantitative estimate of drug-likeness (QED) is 0.279. The first-order chi connectivity index (χ1) is 8.60. The normalized spacial score (nSPS) is 11.8. The van der Waals surface area contributed by atoms with E-state index in [0.29, 0.717) is 10.9 Å². The zero-order chi connectivity index (χ0) is 13.1. The maximum Gasteiger partial charge on any atom is 0.194 e. The number of oxime groups is 1. The number of nitrogens with zero attached hydrogens (tertiary/aromatic N) is 5. The largest absolute Gasteiger partial charge is 0.409 e. The molecule has 7 nitrogen and oxygen atoms in total. The molecule has 0 amide bonds. The summed E-state index contributed by atoms with van der Waals surface area (Å²) in [7, 11) is 1.85. The van der Waals surface area contributed by atoms with Gasteiger partial charge in [0.2, 0.25) is 0 Å². The molecule has 0 aromatic carbocycles. The molecule has 0 saturated heterocycles. The van der Waals surface area contributed by atoms with Crippen molar-refractivity contribution in [3.8, 4) is 0 Å². The van der Waals surface area contributed by atoms with Gasteiger partial charge in [-0.25, -0.2) is 9.97 Å². The molecule has 2 rings (SSSR count). The summed E-state index contributed by atoms with van der Waals surface area (Å²) >= 11 is 1.36. The SMILES string of the molecule is Cc1cc(Sc2nccc(/C(N)=N/O)n2)n(C)n1. The van der Waals surface area contributed by atoms with Gasteiger partial charge in [0.25, 0.3) is 0 Å². The molecule has 8 heteroatoms. The lowest BCUT2D eigenvalue weighted by molar-refractivity contribution is 0.318. The second kappa shape index (κ2) is 5.05.